The number of hydrogen-bond donors (Lipinski definition) is 1. The molecule has 7 heteroatoms. The van der Waals surface area contributed by atoms with Crippen molar-refractivity contribution >= 4 is 17.5 Å². The van der Waals surface area contributed by atoms with Gasteiger partial charge in [-0.3, -0.25) is 4.79 Å². The third-order valence-electron chi connectivity index (χ3n) is 3.57. The number of ketones is 1. The van der Waals surface area contributed by atoms with Gasteiger partial charge in [-0.2, -0.15) is 43.0 Å². The van der Waals surface area contributed by atoms with E-state index in [-0.39, 0.29) is 37.7 Å². The zero-order valence-corrected chi connectivity index (χ0v) is 17.5. The Hall–Kier alpha value is -2.37. The molecule has 1 aliphatic rings. The summed E-state index contributed by atoms with van der Waals surface area (Å²) >= 11 is 0. The molecule has 1 heterocycles. The number of para-hydroxylation sites is 1. The fraction of sp³-hybridized carbons (Fsp3) is 0.190. The Bertz CT molecular complexity index is 855. The second-order valence-electron chi connectivity index (χ2n) is 5.92. The van der Waals surface area contributed by atoms with Crippen molar-refractivity contribution in [1.82, 2.24) is 0 Å². The molecule has 1 aliphatic heterocycles. The van der Waals surface area contributed by atoms with E-state index in [1.807, 2.05) is 36.4 Å². The van der Waals surface area contributed by atoms with Gasteiger partial charge in [-0.25, -0.2) is 0 Å². The van der Waals surface area contributed by atoms with Gasteiger partial charge in [0.05, 0.1) is 5.76 Å². The van der Waals surface area contributed by atoms with Crippen molar-refractivity contribution in [2.75, 3.05) is 0 Å². The quantitative estimate of drug-likeness (QED) is 0.264. The number of carbonyl (C=O) groups excluding carboxylic acids is 1. The third-order valence-corrected chi connectivity index (χ3v) is 3.57. The fourth-order valence-electron chi connectivity index (χ4n) is 2.40. The molecule has 3 rings (SSSR count). The molecule has 0 spiro atoms. The van der Waals surface area contributed by atoms with Crippen LogP contribution in [-0.4, -0.2) is 10.9 Å². The van der Waals surface area contributed by atoms with Gasteiger partial charge in [0.1, 0.15) is 0 Å². The Labute approximate surface area is 175 Å². The molecule has 3 nitrogen and oxygen atoms in total. The minimum Gasteiger partial charge on any atom is -0.676 e. The topological polar surface area (TPSA) is 51.4 Å². The van der Waals surface area contributed by atoms with Crippen LogP contribution in [0.4, 0.5) is 18.9 Å². The maximum absolute atomic E-state index is 12.5. The molecule has 0 aromatic heterocycles. The van der Waals surface area contributed by atoms with Gasteiger partial charge in [-0.05, 0) is 19.4 Å². The standard InChI is InChI=1S/C16H10F3N.C5H8O2.Ir/c17-16(18,19)13-8-5-12(6-9-13)15-10-7-11-3-1-2-4-14(11)20-15;1-4(6)3-5(2)7;/h1-5,7-10,15H;3,6H,1-2H3;/q-2;;/b;4-3-;. The Morgan fingerprint density at radius 3 is 2.36 bits per heavy atom. The zero-order chi connectivity index (χ0) is 20.0. The average Bonchev–Trinajstić information content (AvgIpc) is 2.60. The molecule has 2 aromatic carbocycles. The predicted molar refractivity (Wildman–Crippen MR) is 98.6 cm³/mol. The Morgan fingerprint density at radius 2 is 1.86 bits per heavy atom. The summed E-state index contributed by atoms with van der Waals surface area (Å²) in [4.78, 5) is 10.0. The van der Waals surface area contributed by atoms with Gasteiger partial charge in [0.25, 0.3) is 0 Å². The predicted octanol–water partition coefficient (Wildman–Crippen LogP) is 6.31. The number of fused-ring (bicyclic) bond motifs is 1. The van der Waals surface area contributed by atoms with Crippen LogP contribution in [0.15, 0.2) is 60.4 Å². The number of allylic oxidation sites excluding steroid dienone is 2. The molecular weight excluding hydrogens is 547 g/mol. The molecule has 1 radical (unpaired) electrons. The van der Waals surface area contributed by atoms with Crippen LogP contribution in [0.3, 0.4) is 0 Å². The smallest absolute Gasteiger partial charge is 0.370 e. The van der Waals surface area contributed by atoms with E-state index in [4.69, 9.17) is 5.11 Å². The van der Waals surface area contributed by atoms with Gasteiger partial charge in [0, 0.05) is 26.2 Å². The summed E-state index contributed by atoms with van der Waals surface area (Å²) < 4.78 is 37.5. The first kappa shape index (κ1) is 23.7. The van der Waals surface area contributed by atoms with Crippen molar-refractivity contribution in [2.24, 2.45) is 0 Å². The number of benzene rings is 2. The molecule has 1 unspecified atom stereocenters. The van der Waals surface area contributed by atoms with Gasteiger partial charge in [-0.1, -0.05) is 48.0 Å². The van der Waals surface area contributed by atoms with E-state index in [9.17, 15) is 18.0 Å². The van der Waals surface area contributed by atoms with E-state index < -0.39 is 11.7 Å². The summed E-state index contributed by atoms with van der Waals surface area (Å²) in [6.07, 6.45) is 0.626. The minimum absolute atomic E-state index is 0. The maximum atomic E-state index is 12.5. The third kappa shape index (κ3) is 6.98. The minimum atomic E-state index is -4.33. The Balaban J connectivity index is 0.000000425. The summed E-state index contributed by atoms with van der Waals surface area (Å²) in [6.45, 7) is 2.85. The first-order chi connectivity index (χ1) is 12.7. The molecule has 1 atom stereocenters. The molecule has 0 amide bonds. The molecule has 0 aliphatic carbocycles. The zero-order valence-electron chi connectivity index (χ0n) is 15.1. The van der Waals surface area contributed by atoms with Crippen LogP contribution < -0.4 is 0 Å². The number of aliphatic hydroxyl groups excluding tert-OH is 1. The van der Waals surface area contributed by atoms with E-state index in [0.717, 1.165) is 23.4 Å². The monoisotopic (exact) mass is 566 g/mol. The Kier molecular flexibility index (Phi) is 8.66. The van der Waals surface area contributed by atoms with Crippen LogP contribution in [0, 0.1) is 6.07 Å². The number of alkyl halides is 3. The van der Waals surface area contributed by atoms with Gasteiger partial charge >= 0.3 is 6.18 Å². The maximum Gasteiger partial charge on any atom is 0.370 e. The second-order valence-corrected chi connectivity index (χ2v) is 5.92. The number of hydrogen-bond acceptors (Lipinski definition) is 2. The fourth-order valence-corrected chi connectivity index (χ4v) is 2.40. The van der Waals surface area contributed by atoms with E-state index in [2.05, 4.69) is 11.4 Å². The molecule has 28 heavy (non-hydrogen) atoms. The number of carbonyl (C=O) groups is 1. The number of aliphatic hydroxyl groups is 1. The molecule has 1 N–H and O–H groups in total. The summed E-state index contributed by atoms with van der Waals surface area (Å²) in [5.41, 5.74) is 1.79. The van der Waals surface area contributed by atoms with Crippen LogP contribution in [0.5, 0.6) is 0 Å². The summed E-state index contributed by atoms with van der Waals surface area (Å²) in [5.74, 6) is -0.0625. The average molecular weight is 566 g/mol. The summed E-state index contributed by atoms with van der Waals surface area (Å²) in [5, 5.41) is 12.9. The van der Waals surface area contributed by atoms with Crippen LogP contribution in [0.1, 0.15) is 36.6 Å². The summed E-state index contributed by atoms with van der Waals surface area (Å²) in [6, 6.07) is 13.5. The van der Waals surface area contributed by atoms with Crippen molar-refractivity contribution in [1.29, 1.82) is 0 Å². The molecular formula is C21H18F3IrNO2-2. The van der Waals surface area contributed by atoms with Crippen LogP contribution >= 0.6 is 0 Å². The summed E-state index contributed by atoms with van der Waals surface area (Å²) in [7, 11) is 0. The van der Waals surface area contributed by atoms with Crippen molar-refractivity contribution in [2.45, 2.75) is 26.1 Å². The second kappa shape index (κ2) is 10.2. The van der Waals surface area contributed by atoms with Gasteiger partial charge in [0.2, 0.25) is 0 Å². The number of nitrogens with zero attached hydrogens (tertiary/aromatic N) is 1. The molecule has 0 fully saturated rings. The van der Waals surface area contributed by atoms with Gasteiger partial charge < -0.3 is 10.4 Å². The van der Waals surface area contributed by atoms with E-state index in [0.29, 0.717) is 5.56 Å². The number of halogens is 3. The van der Waals surface area contributed by atoms with Crippen molar-refractivity contribution < 1.29 is 43.2 Å². The van der Waals surface area contributed by atoms with E-state index in [1.165, 1.54) is 26.0 Å². The van der Waals surface area contributed by atoms with Gasteiger partial charge in [0.15, 0.2) is 5.78 Å². The largest absolute Gasteiger partial charge is 0.676 e. The van der Waals surface area contributed by atoms with E-state index in [1.54, 1.807) is 0 Å². The molecule has 0 saturated heterocycles. The molecule has 2 aromatic rings. The SMILES string of the molecule is CC(=O)/C=C(/C)O.FC(F)(F)c1c[c-]c(C2C=Cc3ccccc3[N-]2)cc1.[Ir]. The van der Waals surface area contributed by atoms with Crippen LogP contribution in [-0.2, 0) is 31.1 Å². The normalized spacial score (nSPS) is 15.3. The molecule has 0 bridgehead atoms. The number of rotatable bonds is 2. The van der Waals surface area contributed by atoms with Crippen LogP contribution in [0.2, 0.25) is 0 Å². The molecule has 0 saturated carbocycles. The first-order valence-corrected chi connectivity index (χ1v) is 8.11. The first-order valence-electron chi connectivity index (χ1n) is 8.11. The van der Waals surface area contributed by atoms with E-state index >= 15 is 0 Å². The van der Waals surface area contributed by atoms with Crippen molar-refractivity contribution in [3.63, 3.8) is 0 Å². The van der Waals surface area contributed by atoms with Crippen molar-refractivity contribution in [3.8, 4) is 0 Å². The van der Waals surface area contributed by atoms with Crippen LogP contribution in [0.25, 0.3) is 11.4 Å². The van der Waals surface area contributed by atoms with Crippen molar-refractivity contribution in [3.05, 3.63) is 88.4 Å². The molecule has 151 valence electrons. The van der Waals surface area contributed by atoms with Gasteiger partial charge in [-0.15, -0.1) is 5.69 Å². The Morgan fingerprint density at radius 1 is 1.18 bits per heavy atom.